The maximum atomic E-state index is 5.96. The highest BCUT2D eigenvalue weighted by atomic mass is 32.1. The van der Waals surface area contributed by atoms with Crippen LogP contribution in [-0.4, -0.2) is 23.6 Å². The van der Waals surface area contributed by atoms with Crippen molar-refractivity contribution in [3.63, 3.8) is 0 Å². The number of hydrogen-bond acceptors (Lipinski definition) is 3. The molecule has 0 aliphatic heterocycles. The van der Waals surface area contributed by atoms with Crippen molar-refractivity contribution in [3.8, 4) is 0 Å². The third-order valence-corrected chi connectivity index (χ3v) is 5.13. The van der Waals surface area contributed by atoms with E-state index in [1.807, 2.05) is 0 Å². The van der Waals surface area contributed by atoms with Crippen molar-refractivity contribution in [3.05, 3.63) is 22.9 Å². The van der Waals surface area contributed by atoms with Crippen LogP contribution in [0.25, 0.3) is 0 Å². The van der Waals surface area contributed by atoms with Gasteiger partial charge in [-0.25, -0.2) is 4.98 Å². The number of rotatable bonds is 4. The van der Waals surface area contributed by atoms with Crippen LogP contribution < -0.4 is 10.6 Å². The molecule has 1 aromatic rings. The molecule has 0 bridgehead atoms. The van der Waals surface area contributed by atoms with Gasteiger partial charge in [-0.3, -0.25) is 0 Å². The molecule has 2 aliphatic rings. The summed E-state index contributed by atoms with van der Waals surface area (Å²) in [5, 5.41) is 0. The van der Waals surface area contributed by atoms with E-state index < -0.39 is 0 Å². The molecule has 3 rings (SSSR count). The van der Waals surface area contributed by atoms with Crippen molar-refractivity contribution in [1.29, 1.82) is 0 Å². The third kappa shape index (κ3) is 3.20. The van der Waals surface area contributed by atoms with Crippen LogP contribution >= 0.6 is 12.2 Å². The molecule has 3 nitrogen and oxygen atoms in total. The summed E-state index contributed by atoms with van der Waals surface area (Å²) >= 11 is 5.27. The molecular weight excluding hydrogens is 278 g/mol. The minimum Gasteiger partial charge on any atom is -0.389 e. The van der Waals surface area contributed by atoms with Gasteiger partial charge in [0.25, 0.3) is 0 Å². The summed E-state index contributed by atoms with van der Waals surface area (Å²) in [7, 11) is 2.14. The first kappa shape index (κ1) is 14.8. The molecule has 0 saturated heterocycles. The highest BCUT2D eigenvalue weighted by molar-refractivity contribution is 7.80. The Bertz CT molecular complexity index is 535. The number of aromatic nitrogens is 1. The molecule has 0 aromatic carbocycles. The predicted molar refractivity (Wildman–Crippen MR) is 92.0 cm³/mol. The van der Waals surface area contributed by atoms with Crippen molar-refractivity contribution >= 4 is 23.0 Å². The van der Waals surface area contributed by atoms with Gasteiger partial charge < -0.3 is 10.6 Å². The van der Waals surface area contributed by atoms with E-state index in [2.05, 4.69) is 18.0 Å². The second kappa shape index (κ2) is 6.30. The van der Waals surface area contributed by atoms with E-state index in [9.17, 15) is 0 Å². The van der Waals surface area contributed by atoms with Crippen molar-refractivity contribution in [1.82, 2.24) is 4.98 Å². The Morgan fingerprint density at radius 3 is 2.71 bits per heavy atom. The van der Waals surface area contributed by atoms with E-state index in [4.69, 9.17) is 22.9 Å². The summed E-state index contributed by atoms with van der Waals surface area (Å²) in [4.78, 5) is 7.69. The van der Waals surface area contributed by atoms with Crippen molar-refractivity contribution < 1.29 is 0 Å². The highest BCUT2D eigenvalue weighted by Gasteiger charge is 2.22. The Balaban J connectivity index is 1.89. The monoisotopic (exact) mass is 303 g/mol. The molecule has 1 aromatic heterocycles. The van der Waals surface area contributed by atoms with Crippen molar-refractivity contribution in [2.75, 3.05) is 18.5 Å². The first-order chi connectivity index (χ1) is 10.1. The average molecular weight is 303 g/mol. The topological polar surface area (TPSA) is 42.2 Å². The molecule has 0 spiro atoms. The van der Waals surface area contributed by atoms with Crippen LogP contribution in [0.4, 0.5) is 5.82 Å². The van der Waals surface area contributed by atoms with E-state index in [0.717, 1.165) is 36.7 Å². The fourth-order valence-electron chi connectivity index (χ4n) is 3.76. The molecule has 114 valence electrons. The van der Waals surface area contributed by atoms with E-state index >= 15 is 0 Å². The maximum Gasteiger partial charge on any atom is 0.138 e. The van der Waals surface area contributed by atoms with E-state index in [1.54, 1.807) is 0 Å². The van der Waals surface area contributed by atoms with Crippen LogP contribution in [0.2, 0.25) is 0 Å². The Labute approximate surface area is 132 Å². The van der Waals surface area contributed by atoms with Gasteiger partial charge in [0.05, 0.1) is 5.56 Å². The quantitative estimate of drug-likeness (QED) is 0.867. The Morgan fingerprint density at radius 1 is 1.29 bits per heavy atom. The molecule has 1 saturated carbocycles. The van der Waals surface area contributed by atoms with Crippen LogP contribution in [0.3, 0.4) is 0 Å². The number of thiocarbonyl (C=S) groups is 1. The molecule has 0 amide bonds. The number of hydrogen-bond donors (Lipinski definition) is 1. The Hall–Kier alpha value is -1.16. The number of anilines is 1. The second-order valence-electron chi connectivity index (χ2n) is 6.57. The predicted octanol–water partition coefficient (Wildman–Crippen LogP) is 3.22. The second-order valence-corrected chi connectivity index (χ2v) is 7.01. The number of nitrogens with zero attached hydrogens (tertiary/aromatic N) is 2. The lowest BCUT2D eigenvalue weighted by atomic mass is 9.94. The molecule has 0 atom stereocenters. The largest absolute Gasteiger partial charge is 0.389 e. The summed E-state index contributed by atoms with van der Waals surface area (Å²) in [5.74, 6) is 1.79. The fourth-order valence-corrected chi connectivity index (χ4v) is 3.91. The lowest BCUT2D eigenvalue weighted by Crippen LogP contribution is -2.29. The van der Waals surface area contributed by atoms with Crippen LogP contribution in [0.1, 0.15) is 55.3 Å². The van der Waals surface area contributed by atoms with Gasteiger partial charge in [0.1, 0.15) is 10.8 Å². The molecule has 0 unspecified atom stereocenters. The summed E-state index contributed by atoms with van der Waals surface area (Å²) in [6, 6.07) is 2.20. The summed E-state index contributed by atoms with van der Waals surface area (Å²) in [6.45, 7) is 1.07. The molecule has 0 radical (unpaired) electrons. The molecule has 1 heterocycles. The zero-order valence-corrected chi connectivity index (χ0v) is 13.7. The molecule has 4 heteroatoms. The molecule has 21 heavy (non-hydrogen) atoms. The van der Waals surface area contributed by atoms with Crippen LogP contribution in [0.15, 0.2) is 6.07 Å². The van der Waals surface area contributed by atoms with Gasteiger partial charge in [-0.05, 0) is 56.1 Å². The lowest BCUT2D eigenvalue weighted by molar-refractivity contribution is 0.544. The normalized spacial score (nSPS) is 18.5. The average Bonchev–Trinajstić information content (AvgIpc) is 2.98. The first-order valence-electron chi connectivity index (χ1n) is 8.19. The van der Waals surface area contributed by atoms with Gasteiger partial charge in [0.2, 0.25) is 0 Å². The van der Waals surface area contributed by atoms with Gasteiger partial charge in [0, 0.05) is 19.3 Å². The first-order valence-corrected chi connectivity index (χ1v) is 8.59. The summed E-state index contributed by atoms with van der Waals surface area (Å²) in [6.07, 6.45) is 10.1. The Kier molecular flexibility index (Phi) is 4.43. The van der Waals surface area contributed by atoms with Crippen LogP contribution in [0.5, 0.6) is 0 Å². The molecular formula is C17H25N3S. The third-order valence-electron chi connectivity index (χ3n) is 4.91. The van der Waals surface area contributed by atoms with Crippen LogP contribution in [0, 0.1) is 5.92 Å². The number of pyridine rings is 1. The van der Waals surface area contributed by atoms with Gasteiger partial charge in [-0.2, -0.15) is 0 Å². The van der Waals surface area contributed by atoms with Gasteiger partial charge in [-0.15, -0.1) is 0 Å². The minimum atomic E-state index is 0.476. The minimum absolute atomic E-state index is 0.476. The van der Waals surface area contributed by atoms with Gasteiger partial charge in [0.15, 0.2) is 0 Å². The smallest absolute Gasteiger partial charge is 0.138 e. The highest BCUT2D eigenvalue weighted by Crippen LogP contribution is 2.30. The maximum absolute atomic E-state index is 5.96. The summed E-state index contributed by atoms with van der Waals surface area (Å²) < 4.78 is 0. The Morgan fingerprint density at radius 2 is 2.00 bits per heavy atom. The fraction of sp³-hybridized carbons (Fsp3) is 0.647. The lowest BCUT2D eigenvalue weighted by Gasteiger charge is -2.26. The standard InChI is InChI=1S/C17H25N3S/c1-20(11-12-6-2-3-7-12)17-14(16(18)21)10-13-8-4-5-9-15(13)19-17/h10,12H,2-9,11H2,1H3,(H2,18,21). The number of nitrogens with two attached hydrogens (primary N) is 1. The SMILES string of the molecule is CN(CC1CCCC1)c1nc2c(cc1C(N)=S)CCCC2. The zero-order chi connectivity index (χ0) is 14.8. The number of fused-ring (bicyclic) bond motifs is 1. The van der Waals surface area contributed by atoms with Crippen molar-refractivity contribution in [2.24, 2.45) is 11.7 Å². The van der Waals surface area contributed by atoms with E-state index in [-0.39, 0.29) is 0 Å². The van der Waals surface area contributed by atoms with E-state index in [0.29, 0.717) is 4.99 Å². The number of aryl methyl sites for hydroxylation is 2. The van der Waals surface area contributed by atoms with Gasteiger partial charge in [-0.1, -0.05) is 25.1 Å². The van der Waals surface area contributed by atoms with Gasteiger partial charge >= 0.3 is 0 Å². The molecule has 1 fully saturated rings. The molecule has 2 N–H and O–H groups in total. The summed E-state index contributed by atoms with van der Waals surface area (Å²) in [5.41, 5.74) is 9.53. The van der Waals surface area contributed by atoms with E-state index in [1.165, 1.54) is 49.8 Å². The zero-order valence-electron chi connectivity index (χ0n) is 12.9. The van der Waals surface area contributed by atoms with Crippen LogP contribution in [-0.2, 0) is 12.8 Å². The van der Waals surface area contributed by atoms with Crippen molar-refractivity contribution in [2.45, 2.75) is 51.4 Å². The molecule has 2 aliphatic carbocycles.